The van der Waals surface area contributed by atoms with E-state index in [1.54, 1.807) is 0 Å². The number of hydrogen-bond acceptors (Lipinski definition) is 4. The number of aromatic nitrogens is 1. The first kappa shape index (κ1) is 15.0. The van der Waals surface area contributed by atoms with Gasteiger partial charge in [-0.05, 0) is 52.3 Å². The second-order valence-electron chi connectivity index (χ2n) is 6.30. The lowest BCUT2D eigenvalue weighted by atomic mass is 10.1. The molecule has 1 atom stereocenters. The molecule has 20 heavy (non-hydrogen) atoms. The fraction of sp³-hybridized carbons (Fsp3) is 0.625. The van der Waals surface area contributed by atoms with Gasteiger partial charge in [0.2, 0.25) is 0 Å². The van der Waals surface area contributed by atoms with E-state index in [4.69, 9.17) is 4.74 Å². The number of carbonyl (C=O) groups excluding carboxylic acids is 1. The Bertz CT molecular complexity index is 440. The SMILES string of the molecule is CC(C)(C)OC(=O)[C@@H]1CCCN1CCc1ccccn1. The van der Waals surface area contributed by atoms with Crippen molar-refractivity contribution in [3.8, 4) is 0 Å². The van der Waals surface area contributed by atoms with E-state index in [0.29, 0.717) is 0 Å². The number of likely N-dealkylation sites (tertiary alicyclic amines) is 1. The topological polar surface area (TPSA) is 42.4 Å². The van der Waals surface area contributed by atoms with E-state index in [1.165, 1.54) is 0 Å². The molecule has 0 N–H and O–H groups in total. The number of rotatable bonds is 4. The molecule has 1 saturated heterocycles. The Kier molecular flexibility index (Phi) is 4.76. The standard InChI is InChI=1S/C16H24N2O2/c1-16(2,3)20-15(19)14-8-6-11-18(14)12-9-13-7-4-5-10-17-13/h4-5,7,10,14H,6,8-9,11-12H2,1-3H3/t14-/m0/s1. The second-order valence-corrected chi connectivity index (χ2v) is 6.30. The van der Waals surface area contributed by atoms with E-state index in [-0.39, 0.29) is 12.0 Å². The van der Waals surface area contributed by atoms with Crippen LogP contribution in [0.4, 0.5) is 0 Å². The molecule has 110 valence electrons. The molecule has 1 fully saturated rings. The highest BCUT2D eigenvalue weighted by atomic mass is 16.6. The minimum Gasteiger partial charge on any atom is -0.459 e. The van der Waals surface area contributed by atoms with Crippen molar-refractivity contribution in [2.24, 2.45) is 0 Å². The molecule has 0 spiro atoms. The highest BCUT2D eigenvalue weighted by Gasteiger charge is 2.33. The van der Waals surface area contributed by atoms with Crippen LogP contribution in [0, 0.1) is 0 Å². The molecule has 4 heteroatoms. The number of ether oxygens (including phenoxy) is 1. The van der Waals surface area contributed by atoms with Gasteiger partial charge in [-0.1, -0.05) is 6.07 Å². The first-order chi connectivity index (χ1) is 9.46. The molecule has 0 saturated carbocycles. The summed E-state index contributed by atoms with van der Waals surface area (Å²) in [6.07, 6.45) is 4.65. The van der Waals surface area contributed by atoms with Crippen LogP contribution >= 0.6 is 0 Å². The molecular weight excluding hydrogens is 252 g/mol. The van der Waals surface area contributed by atoms with Gasteiger partial charge in [0, 0.05) is 24.9 Å². The smallest absolute Gasteiger partial charge is 0.323 e. The molecule has 1 aromatic heterocycles. The minimum atomic E-state index is -0.410. The third-order valence-electron chi connectivity index (χ3n) is 3.42. The highest BCUT2D eigenvalue weighted by molar-refractivity contribution is 5.76. The molecule has 0 bridgehead atoms. The summed E-state index contributed by atoms with van der Waals surface area (Å²) in [5, 5.41) is 0. The Hall–Kier alpha value is -1.42. The largest absolute Gasteiger partial charge is 0.459 e. The van der Waals surface area contributed by atoms with Crippen LogP contribution in [0.3, 0.4) is 0 Å². The summed E-state index contributed by atoms with van der Waals surface area (Å²) in [4.78, 5) is 18.8. The summed E-state index contributed by atoms with van der Waals surface area (Å²) in [6, 6.07) is 5.86. The van der Waals surface area contributed by atoms with Crippen molar-refractivity contribution in [3.63, 3.8) is 0 Å². The summed E-state index contributed by atoms with van der Waals surface area (Å²) in [5.74, 6) is -0.0870. The molecule has 1 aromatic rings. The predicted octanol–water partition coefficient (Wildman–Crippen LogP) is 2.43. The number of hydrogen-bond donors (Lipinski definition) is 0. The third kappa shape index (κ3) is 4.30. The number of nitrogens with zero attached hydrogens (tertiary/aromatic N) is 2. The fourth-order valence-electron chi connectivity index (χ4n) is 2.53. The molecule has 0 unspecified atom stereocenters. The maximum absolute atomic E-state index is 12.2. The van der Waals surface area contributed by atoms with Crippen molar-refractivity contribution >= 4 is 5.97 Å². The minimum absolute atomic E-state index is 0.0852. The third-order valence-corrected chi connectivity index (χ3v) is 3.42. The van der Waals surface area contributed by atoms with Gasteiger partial charge in [-0.25, -0.2) is 0 Å². The van der Waals surface area contributed by atoms with Gasteiger partial charge in [-0.15, -0.1) is 0 Å². The van der Waals surface area contributed by atoms with Crippen LogP contribution in [0.1, 0.15) is 39.3 Å². The molecule has 4 nitrogen and oxygen atoms in total. The van der Waals surface area contributed by atoms with Gasteiger partial charge >= 0.3 is 5.97 Å². The van der Waals surface area contributed by atoms with Crippen molar-refractivity contribution in [2.75, 3.05) is 13.1 Å². The summed E-state index contributed by atoms with van der Waals surface area (Å²) in [7, 11) is 0. The van der Waals surface area contributed by atoms with Gasteiger partial charge in [-0.2, -0.15) is 0 Å². The Labute approximate surface area is 121 Å². The molecule has 0 radical (unpaired) electrons. The molecule has 0 aliphatic carbocycles. The van der Waals surface area contributed by atoms with E-state index < -0.39 is 5.60 Å². The first-order valence-corrected chi connectivity index (χ1v) is 7.32. The number of carbonyl (C=O) groups is 1. The normalized spacial score (nSPS) is 20.1. The zero-order valence-corrected chi connectivity index (χ0v) is 12.6. The van der Waals surface area contributed by atoms with Crippen molar-refractivity contribution in [2.45, 2.75) is 51.7 Å². The molecule has 1 aliphatic heterocycles. The molecule has 1 aliphatic rings. The molecule has 0 aromatic carbocycles. The van der Waals surface area contributed by atoms with Crippen molar-refractivity contribution < 1.29 is 9.53 Å². The van der Waals surface area contributed by atoms with Crippen LogP contribution in [-0.2, 0) is 16.0 Å². The maximum atomic E-state index is 12.2. The number of pyridine rings is 1. The lowest BCUT2D eigenvalue weighted by Gasteiger charge is -2.27. The summed E-state index contributed by atoms with van der Waals surface area (Å²) < 4.78 is 5.51. The van der Waals surface area contributed by atoms with Crippen LogP contribution in [0.5, 0.6) is 0 Å². The van der Waals surface area contributed by atoms with Crippen LogP contribution in [0.15, 0.2) is 24.4 Å². The van der Waals surface area contributed by atoms with Crippen molar-refractivity contribution in [1.82, 2.24) is 9.88 Å². The Balaban J connectivity index is 1.89. The lowest BCUT2D eigenvalue weighted by Crippen LogP contribution is -2.41. The van der Waals surface area contributed by atoms with Gasteiger partial charge in [0.1, 0.15) is 11.6 Å². The zero-order valence-electron chi connectivity index (χ0n) is 12.6. The predicted molar refractivity (Wildman–Crippen MR) is 78.4 cm³/mol. The quantitative estimate of drug-likeness (QED) is 0.792. The molecular formula is C16H24N2O2. The highest BCUT2D eigenvalue weighted by Crippen LogP contribution is 2.21. The lowest BCUT2D eigenvalue weighted by molar-refractivity contribution is -0.160. The second kappa shape index (κ2) is 6.35. The Morgan fingerprint density at radius 2 is 2.25 bits per heavy atom. The van der Waals surface area contributed by atoms with Crippen molar-refractivity contribution in [3.05, 3.63) is 30.1 Å². The zero-order chi connectivity index (χ0) is 14.6. The van der Waals surface area contributed by atoms with Crippen LogP contribution in [-0.4, -0.2) is 40.6 Å². The molecule has 2 rings (SSSR count). The first-order valence-electron chi connectivity index (χ1n) is 7.32. The maximum Gasteiger partial charge on any atom is 0.323 e. The van der Waals surface area contributed by atoms with Crippen molar-refractivity contribution in [1.29, 1.82) is 0 Å². The monoisotopic (exact) mass is 276 g/mol. The van der Waals surface area contributed by atoms with Gasteiger partial charge in [0.15, 0.2) is 0 Å². The molecule has 2 heterocycles. The summed E-state index contributed by atoms with van der Waals surface area (Å²) >= 11 is 0. The fourth-order valence-corrected chi connectivity index (χ4v) is 2.53. The summed E-state index contributed by atoms with van der Waals surface area (Å²) in [6.45, 7) is 7.58. The van der Waals surface area contributed by atoms with Crippen LogP contribution < -0.4 is 0 Å². The Morgan fingerprint density at radius 1 is 1.45 bits per heavy atom. The van der Waals surface area contributed by atoms with E-state index in [1.807, 2.05) is 45.2 Å². The van der Waals surface area contributed by atoms with E-state index in [9.17, 15) is 4.79 Å². The van der Waals surface area contributed by atoms with Gasteiger partial charge in [0.25, 0.3) is 0 Å². The van der Waals surface area contributed by atoms with E-state index in [2.05, 4.69) is 9.88 Å². The van der Waals surface area contributed by atoms with Crippen LogP contribution in [0.2, 0.25) is 0 Å². The van der Waals surface area contributed by atoms with E-state index >= 15 is 0 Å². The van der Waals surface area contributed by atoms with Crippen LogP contribution in [0.25, 0.3) is 0 Å². The average molecular weight is 276 g/mol. The summed E-state index contributed by atoms with van der Waals surface area (Å²) in [5.41, 5.74) is 0.661. The average Bonchev–Trinajstić information content (AvgIpc) is 2.84. The van der Waals surface area contributed by atoms with Gasteiger partial charge in [0.05, 0.1) is 0 Å². The van der Waals surface area contributed by atoms with E-state index in [0.717, 1.165) is 38.0 Å². The van der Waals surface area contributed by atoms with Gasteiger partial charge in [-0.3, -0.25) is 14.7 Å². The number of esters is 1. The molecule has 0 amide bonds. The van der Waals surface area contributed by atoms with Gasteiger partial charge < -0.3 is 4.74 Å². The Morgan fingerprint density at radius 3 is 2.90 bits per heavy atom.